The molecule has 0 N–H and O–H groups in total. The predicted molar refractivity (Wildman–Crippen MR) is 73.4 cm³/mol. The lowest BCUT2D eigenvalue weighted by Crippen LogP contribution is -2.44. The summed E-state index contributed by atoms with van der Waals surface area (Å²) in [6, 6.07) is 0. The van der Waals surface area contributed by atoms with Gasteiger partial charge in [-0.25, -0.2) is 0 Å². The summed E-state index contributed by atoms with van der Waals surface area (Å²) in [5.41, 5.74) is 0. The molecule has 1 aliphatic heterocycles. The normalized spacial score (nSPS) is 20.6. The third-order valence-corrected chi connectivity index (χ3v) is 3.78. The molecule has 0 aromatic rings. The molecule has 0 saturated carbocycles. The SMILES string of the molecule is CCC[C@@H](CCCN1CCN(C)CC1)COC. The van der Waals surface area contributed by atoms with Gasteiger partial charge in [-0.3, -0.25) is 0 Å². The van der Waals surface area contributed by atoms with Crippen LogP contribution in [0.25, 0.3) is 0 Å². The summed E-state index contributed by atoms with van der Waals surface area (Å²) in [6.07, 6.45) is 5.25. The molecule has 1 fully saturated rings. The summed E-state index contributed by atoms with van der Waals surface area (Å²) in [6.45, 7) is 9.45. The van der Waals surface area contributed by atoms with E-state index in [-0.39, 0.29) is 0 Å². The third-order valence-electron chi connectivity index (χ3n) is 3.78. The molecule has 0 radical (unpaired) electrons. The molecule has 102 valence electrons. The molecule has 0 unspecified atom stereocenters. The molecule has 1 aliphatic rings. The molecule has 1 saturated heterocycles. The second-order valence-corrected chi connectivity index (χ2v) is 5.40. The summed E-state index contributed by atoms with van der Waals surface area (Å²) in [5, 5.41) is 0. The van der Waals surface area contributed by atoms with Crippen molar-refractivity contribution in [1.29, 1.82) is 0 Å². The molecular formula is C14H30N2O. The van der Waals surface area contributed by atoms with Crippen molar-refractivity contribution in [3.63, 3.8) is 0 Å². The Morgan fingerprint density at radius 3 is 2.41 bits per heavy atom. The molecule has 1 atom stereocenters. The molecule has 0 aromatic carbocycles. The van der Waals surface area contributed by atoms with Crippen molar-refractivity contribution in [2.24, 2.45) is 5.92 Å². The van der Waals surface area contributed by atoms with Crippen LogP contribution in [-0.2, 0) is 4.74 Å². The number of nitrogens with zero attached hydrogens (tertiary/aromatic N) is 2. The van der Waals surface area contributed by atoms with Crippen LogP contribution in [0.2, 0.25) is 0 Å². The highest BCUT2D eigenvalue weighted by molar-refractivity contribution is 4.69. The zero-order valence-corrected chi connectivity index (χ0v) is 12.0. The van der Waals surface area contributed by atoms with Gasteiger partial charge in [0.2, 0.25) is 0 Å². The zero-order chi connectivity index (χ0) is 12.5. The van der Waals surface area contributed by atoms with E-state index in [2.05, 4.69) is 23.8 Å². The topological polar surface area (TPSA) is 15.7 Å². The van der Waals surface area contributed by atoms with Gasteiger partial charge in [0, 0.05) is 39.9 Å². The Morgan fingerprint density at radius 1 is 1.12 bits per heavy atom. The van der Waals surface area contributed by atoms with E-state index in [0.717, 1.165) is 12.5 Å². The van der Waals surface area contributed by atoms with Crippen molar-refractivity contribution in [2.75, 3.05) is 53.5 Å². The third kappa shape index (κ3) is 6.39. The minimum absolute atomic E-state index is 0.775. The summed E-state index contributed by atoms with van der Waals surface area (Å²) in [4.78, 5) is 5.02. The molecular weight excluding hydrogens is 212 g/mol. The molecule has 0 amide bonds. The molecule has 0 spiro atoms. The van der Waals surface area contributed by atoms with Gasteiger partial charge in [-0.1, -0.05) is 13.3 Å². The zero-order valence-electron chi connectivity index (χ0n) is 12.0. The Bertz CT molecular complexity index is 173. The van der Waals surface area contributed by atoms with Crippen LogP contribution in [-0.4, -0.2) is 63.3 Å². The maximum Gasteiger partial charge on any atom is 0.0490 e. The Kier molecular flexibility index (Phi) is 7.82. The van der Waals surface area contributed by atoms with Crippen molar-refractivity contribution in [1.82, 2.24) is 9.80 Å². The Morgan fingerprint density at radius 2 is 1.82 bits per heavy atom. The maximum atomic E-state index is 5.29. The first-order valence-electron chi connectivity index (χ1n) is 7.16. The molecule has 0 aromatic heterocycles. The van der Waals surface area contributed by atoms with Crippen molar-refractivity contribution >= 4 is 0 Å². The summed E-state index contributed by atoms with van der Waals surface area (Å²) in [7, 11) is 4.04. The van der Waals surface area contributed by atoms with Crippen molar-refractivity contribution in [2.45, 2.75) is 32.6 Å². The highest BCUT2D eigenvalue weighted by atomic mass is 16.5. The number of rotatable bonds is 8. The van der Waals surface area contributed by atoms with Gasteiger partial charge >= 0.3 is 0 Å². The number of hydrogen-bond donors (Lipinski definition) is 0. The lowest BCUT2D eigenvalue weighted by molar-refractivity contribution is 0.128. The molecule has 3 nitrogen and oxygen atoms in total. The van der Waals surface area contributed by atoms with Gasteiger partial charge < -0.3 is 14.5 Å². The average Bonchev–Trinajstić information content (AvgIpc) is 2.32. The van der Waals surface area contributed by atoms with E-state index in [9.17, 15) is 0 Å². The van der Waals surface area contributed by atoms with Gasteiger partial charge in [0.1, 0.15) is 0 Å². The van der Waals surface area contributed by atoms with Crippen LogP contribution in [0.5, 0.6) is 0 Å². The number of hydrogen-bond acceptors (Lipinski definition) is 3. The monoisotopic (exact) mass is 242 g/mol. The second kappa shape index (κ2) is 8.90. The second-order valence-electron chi connectivity index (χ2n) is 5.40. The molecule has 0 bridgehead atoms. The molecule has 1 rings (SSSR count). The van der Waals surface area contributed by atoms with Gasteiger partial charge in [-0.2, -0.15) is 0 Å². The summed E-state index contributed by atoms with van der Waals surface area (Å²) >= 11 is 0. The number of ether oxygens (including phenoxy) is 1. The number of piperazine rings is 1. The van der Waals surface area contributed by atoms with E-state index >= 15 is 0 Å². The van der Waals surface area contributed by atoms with Crippen molar-refractivity contribution in [3.05, 3.63) is 0 Å². The van der Waals surface area contributed by atoms with Crippen LogP contribution >= 0.6 is 0 Å². The quantitative estimate of drug-likeness (QED) is 0.648. The van der Waals surface area contributed by atoms with E-state index in [1.165, 1.54) is 58.4 Å². The predicted octanol–water partition coefficient (Wildman–Crippen LogP) is 2.08. The molecule has 17 heavy (non-hydrogen) atoms. The molecule has 0 aliphatic carbocycles. The fourth-order valence-corrected chi connectivity index (χ4v) is 2.63. The van der Waals surface area contributed by atoms with E-state index in [0.29, 0.717) is 0 Å². The summed E-state index contributed by atoms with van der Waals surface area (Å²) < 4.78 is 5.29. The summed E-state index contributed by atoms with van der Waals surface area (Å²) in [5.74, 6) is 0.775. The highest BCUT2D eigenvalue weighted by Crippen LogP contribution is 2.14. The van der Waals surface area contributed by atoms with Crippen molar-refractivity contribution in [3.8, 4) is 0 Å². The fourth-order valence-electron chi connectivity index (χ4n) is 2.63. The Labute approximate surface area is 107 Å². The van der Waals surface area contributed by atoms with E-state index in [4.69, 9.17) is 4.74 Å². The van der Waals surface area contributed by atoms with E-state index < -0.39 is 0 Å². The number of methoxy groups -OCH3 is 1. The number of likely N-dealkylation sites (N-methyl/N-ethyl adjacent to an activating group) is 1. The van der Waals surface area contributed by atoms with Crippen LogP contribution in [0.4, 0.5) is 0 Å². The van der Waals surface area contributed by atoms with Crippen molar-refractivity contribution < 1.29 is 4.74 Å². The first-order chi connectivity index (χ1) is 8.26. The van der Waals surface area contributed by atoms with Gasteiger partial charge in [-0.15, -0.1) is 0 Å². The van der Waals surface area contributed by atoms with Crippen LogP contribution in [0.3, 0.4) is 0 Å². The first-order valence-corrected chi connectivity index (χ1v) is 7.16. The Balaban J connectivity index is 2.08. The highest BCUT2D eigenvalue weighted by Gasteiger charge is 2.14. The van der Waals surface area contributed by atoms with Gasteiger partial charge in [0.25, 0.3) is 0 Å². The standard InChI is InChI=1S/C14H30N2O/c1-4-6-14(13-17-3)7-5-8-16-11-9-15(2)10-12-16/h14H,4-13H2,1-3H3/t14-/m0/s1. The van der Waals surface area contributed by atoms with Gasteiger partial charge in [0.05, 0.1) is 0 Å². The van der Waals surface area contributed by atoms with E-state index in [1.54, 1.807) is 0 Å². The lowest BCUT2D eigenvalue weighted by Gasteiger charge is -2.32. The van der Waals surface area contributed by atoms with Crippen LogP contribution in [0, 0.1) is 5.92 Å². The van der Waals surface area contributed by atoms with Crippen LogP contribution < -0.4 is 0 Å². The maximum absolute atomic E-state index is 5.29. The van der Waals surface area contributed by atoms with Gasteiger partial charge in [-0.05, 0) is 38.8 Å². The first kappa shape index (κ1) is 14.9. The average molecular weight is 242 g/mol. The lowest BCUT2D eigenvalue weighted by atomic mass is 9.99. The van der Waals surface area contributed by atoms with Crippen LogP contribution in [0.1, 0.15) is 32.6 Å². The fraction of sp³-hybridized carbons (Fsp3) is 1.00. The van der Waals surface area contributed by atoms with Crippen LogP contribution in [0.15, 0.2) is 0 Å². The smallest absolute Gasteiger partial charge is 0.0490 e. The minimum Gasteiger partial charge on any atom is -0.384 e. The van der Waals surface area contributed by atoms with Gasteiger partial charge in [0.15, 0.2) is 0 Å². The molecule has 3 heteroatoms. The Hall–Kier alpha value is -0.120. The minimum atomic E-state index is 0.775. The largest absolute Gasteiger partial charge is 0.384 e. The molecule has 1 heterocycles. The van der Waals surface area contributed by atoms with E-state index in [1.807, 2.05) is 7.11 Å².